The van der Waals surface area contributed by atoms with Gasteiger partial charge in [-0.05, 0) is 26.7 Å². The van der Waals surface area contributed by atoms with Gasteiger partial charge in [-0.3, -0.25) is 9.59 Å². The van der Waals surface area contributed by atoms with Gasteiger partial charge in [0.1, 0.15) is 0 Å². The molecular formula is C12H20O4. The quantitative estimate of drug-likeness (QED) is 0.685. The molecule has 0 fully saturated rings. The lowest BCUT2D eigenvalue weighted by Gasteiger charge is -2.25. The number of carboxylic acids is 2. The summed E-state index contributed by atoms with van der Waals surface area (Å²) < 4.78 is 0. The van der Waals surface area contributed by atoms with Crippen molar-refractivity contribution in [2.45, 2.75) is 47.0 Å². The van der Waals surface area contributed by atoms with Crippen molar-refractivity contribution in [1.29, 1.82) is 0 Å². The Kier molecular flexibility index (Phi) is 5.21. The molecule has 0 aromatic rings. The standard InChI is InChI=1S/C12H20O4/c1-5-8(7-10(13)14)9(6-2)12(3,4)11(15)16/h5-7H2,1-4H3,(H,13,14)(H,15,16)/b9-8+. The third-order valence-electron chi connectivity index (χ3n) is 2.86. The van der Waals surface area contributed by atoms with Crippen molar-refractivity contribution in [1.82, 2.24) is 0 Å². The molecule has 0 bridgehead atoms. The van der Waals surface area contributed by atoms with Crippen LogP contribution < -0.4 is 0 Å². The van der Waals surface area contributed by atoms with Crippen molar-refractivity contribution in [3.63, 3.8) is 0 Å². The predicted molar refractivity (Wildman–Crippen MR) is 61.3 cm³/mol. The Morgan fingerprint density at radius 1 is 1.06 bits per heavy atom. The van der Waals surface area contributed by atoms with E-state index in [4.69, 9.17) is 10.2 Å². The first-order chi connectivity index (χ1) is 7.27. The predicted octanol–water partition coefficient (Wildman–Crippen LogP) is 2.69. The van der Waals surface area contributed by atoms with E-state index in [0.717, 1.165) is 11.1 Å². The van der Waals surface area contributed by atoms with Crippen LogP contribution in [0.15, 0.2) is 11.1 Å². The first-order valence-electron chi connectivity index (χ1n) is 5.43. The van der Waals surface area contributed by atoms with Crippen LogP contribution in [-0.4, -0.2) is 22.2 Å². The highest BCUT2D eigenvalue weighted by molar-refractivity contribution is 5.79. The molecule has 0 aliphatic carbocycles. The first-order valence-corrected chi connectivity index (χ1v) is 5.43. The molecule has 2 N–H and O–H groups in total. The minimum Gasteiger partial charge on any atom is -0.481 e. The van der Waals surface area contributed by atoms with E-state index in [1.807, 2.05) is 13.8 Å². The van der Waals surface area contributed by atoms with Gasteiger partial charge in [0.15, 0.2) is 0 Å². The van der Waals surface area contributed by atoms with Crippen LogP contribution in [0.3, 0.4) is 0 Å². The molecule has 4 heteroatoms. The molecule has 16 heavy (non-hydrogen) atoms. The summed E-state index contributed by atoms with van der Waals surface area (Å²) in [5.74, 6) is -1.83. The maximum absolute atomic E-state index is 11.1. The van der Waals surface area contributed by atoms with E-state index in [1.54, 1.807) is 13.8 Å². The molecule has 0 aliphatic heterocycles. The summed E-state index contributed by atoms with van der Waals surface area (Å²) in [6.45, 7) is 6.95. The third kappa shape index (κ3) is 3.36. The molecule has 0 saturated heterocycles. The minimum atomic E-state index is -0.991. The average Bonchev–Trinajstić information content (AvgIpc) is 2.16. The Morgan fingerprint density at radius 3 is 1.81 bits per heavy atom. The van der Waals surface area contributed by atoms with E-state index in [1.165, 1.54) is 0 Å². The fourth-order valence-electron chi connectivity index (χ4n) is 1.89. The Balaban J connectivity index is 5.41. The first kappa shape index (κ1) is 14.7. The highest BCUT2D eigenvalue weighted by atomic mass is 16.4. The van der Waals surface area contributed by atoms with Gasteiger partial charge in [-0.2, -0.15) is 0 Å². The van der Waals surface area contributed by atoms with Crippen molar-refractivity contribution in [3.05, 3.63) is 11.1 Å². The summed E-state index contributed by atoms with van der Waals surface area (Å²) in [6.07, 6.45) is 1.07. The fourth-order valence-corrected chi connectivity index (χ4v) is 1.89. The SMILES string of the molecule is CC/C(CC(=O)O)=C(/CC)C(C)(C)C(=O)O. The van der Waals surface area contributed by atoms with Crippen LogP contribution in [0.5, 0.6) is 0 Å². The molecule has 0 atom stereocenters. The molecule has 0 aromatic heterocycles. The lowest BCUT2D eigenvalue weighted by atomic mass is 9.78. The topological polar surface area (TPSA) is 74.6 Å². The molecule has 4 nitrogen and oxygen atoms in total. The second-order valence-corrected chi connectivity index (χ2v) is 4.29. The van der Waals surface area contributed by atoms with Crippen molar-refractivity contribution in [2.24, 2.45) is 5.41 Å². The normalized spacial score (nSPS) is 13.2. The number of aliphatic carboxylic acids is 2. The van der Waals surface area contributed by atoms with Crippen LogP contribution in [-0.2, 0) is 9.59 Å². The lowest BCUT2D eigenvalue weighted by molar-refractivity contribution is -0.145. The van der Waals surface area contributed by atoms with Crippen molar-refractivity contribution in [2.75, 3.05) is 0 Å². The Labute approximate surface area is 96.0 Å². The average molecular weight is 228 g/mol. The van der Waals surface area contributed by atoms with Gasteiger partial charge >= 0.3 is 11.9 Å². The number of hydrogen-bond donors (Lipinski definition) is 2. The van der Waals surface area contributed by atoms with Crippen LogP contribution in [0.1, 0.15) is 47.0 Å². The van der Waals surface area contributed by atoms with Crippen molar-refractivity contribution >= 4 is 11.9 Å². The maximum Gasteiger partial charge on any atom is 0.313 e. The molecule has 0 radical (unpaired) electrons. The van der Waals surface area contributed by atoms with Crippen LogP contribution in [0.25, 0.3) is 0 Å². The molecule has 0 unspecified atom stereocenters. The highest BCUT2D eigenvalue weighted by Gasteiger charge is 2.32. The van der Waals surface area contributed by atoms with Crippen molar-refractivity contribution < 1.29 is 19.8 Å². The number of hydrogen-bond acceptors (Lipinski definition) is 2. The highest BCUT2D eigenvalue weighted by Crippen LogP contribution is 2.33. The largest absolute Gasteiger partial charge is 0.481 e. The zero-order chi connectivity index (χ0) is 12.9. The monoisotopic (exact) mass is 228 g/mol. The second-order valence-electron chi connectivity index (χ2n) is 4.29. The summed E-state index contributed by atoms with van der Waals surface area (Å²) in [6, 6.07) is 0. The van der Waals surface area contributed by atoms with Gasteiger partial charge in [0.05, 0.1) is 11.8 Å². The fraction of sp³-hybridized carbons (Fsp3) is 0.667. The second kappa shape index (κ2) is 5.68. The molecule has 0 rings (SSSR count). The van der Waals surface area contributed by atoms with Gasteiger partial charge in [0, 0.05) is 0 Å². The van der Waals surface area contributed by atoms with E-state index in [0.29, 0.717) is 12.8 Å². The maximum atomic E-state index is 11.1. The minimum absolute atomic E-state index is 0.0730. The van der Waals surface area contributed by atoms with Gasteiger partial charge < -0.3 is 10.2 Å². The van der Waals surface area contributed by atoms with E-state index < -0.39 is 17.4 Å². The van der Waals surface area contributed by atoms with Crippen LogP contribution in [0.2, 0.25) is 0 Å². The molecule has 92 valence electrons. The molecular weight excluding hydrogens is 208 g/mol. The smallest absolute Gasteiger partial charge is 0.313 e. The van der Waals surface area contributed by atoms with Crippen LogP contribution in [0.4, 0.5) is 0 Å². The molecule has 0 heterocycles. The third-order valence-corrected chi connectivity index (χ3v) is 2.86. The zero-order valence-corrected chi connectivity index (χ0v) is 10.3. The summed E-state index contributed by atoms with van der Waals surface area (Å²) in [7, 11) is 0. The van der Waals surface area contributed by atoms with E-state index >= 15 is 0 Å². The molecule has 0 amide bonds. The van der Waals surface area contributed by atoms with Gasteiger partial charge in [-0.25, -0.2) is 0 Å². The molecule has 0 aromatic carbocycles. The Hall–Kier alpha value is -1.32. The van der Waals surface area contributed by atoms with Crippen molar-refractivity contribution in [3.8, 4) is 0 Å². The summed E-state index contributed by atoms with van der Waals surface area (Å²) >= 11 is 0. The van der Waals surface area contributed by atoms with Gasteiger partial charge in [-0.1, -0.05) is 25.0 Å². The summed E-state index contributed by atoms with van der Waals surface area (Å²) in [5.41, 5.74) is 0.461. The van der Waals surface area contributed by atoms with E-state index in [-0.39, 0.29) is 6.42 Å². The number of rotatable bonds is 6. The molecule has 0 spiro atoms. The van der Waals surface area contributed by atoms with Gasteiger partial charge in [-0.15, -0.1) is 0 Å². The lowest BCUT2D eigenvalue weighted by Crippen LogP contribution is -2.27. The zero-order valence-electron chi connectivity index (χ0n) is 10.3. The molecule has 0 aliphatic rings. The number of carbonyl (C=O) groups is 2. The van der Waals surface area contributed by atoms with E-state index in [9.17, 15) is 9.59 Å². The van der Waals surface area contributed by atoms with E-state index in [2.05, 4.69) is 0 Å². The number of carboxylic acid groups (broad SMARTS) is 2. The summed E-state index contributed by atoms with van der Waals surface area (Å²) in [5, 5.41) is 17.9. The van der Waals surface area contributed by atoms with Gasteiger partial charge in [0.25, 0.3) is 0 Å². The van der Waals surface area contributed by atoms with Crippen LogP contribution in [0, 0.1) is 5.41 Å². The Morgan fingerprint density at radius 2 is 1.56 bits per heavy atom. The van der Waals surface area contributed by atoms with Gasteiger partial charge in [0.2, 0.25) is 0 Å². The van der Waals surface area contributed by atoms with Crippen LogP contribution >= 0.6 is 0 Å². The summed E-state index contributed by atoms with van der Waals surface area (Å²) in [4.78, 5) is 21.9. The Bertz CT molecular complexity index is 313. The molecule has 0 saturated carbocycles.